The van der Waals surface area contributed by atoms with E-state index in [1.165, 1.54) is 0 Å². The van der Waals surface area contributed by atoms with E-state index in [0.29, 0.717) is 23.9 Å². The normalized spacial score (nSPS) is 18.0. The number of nitrogens with zero attached hydrogens (tertiary/aromatic N) is 3. The van der Waals surface area contributed by atoms with Crippen LogP contribution in [-0.4, -0.2) is 60.6 Å². The number of aryl methyl sites for hydroxylation is 1. The van der Waals surface area contributed by atoms with Gasteiger partial charge in [0.05, 0.1) is 31.5 Å². The molecule has 0 N–H and O–H groups in total. The topological polar surface area (TPSA) is 68.0 Å². The highest BCUT2D eigenvalue weighted by molar-refractivity contribution is 5.82. The molecule has 1 aromatic heterocycles. The molecule has 0 saturated carbocycles. The number of benzene rings is 1. The van der Waals surface area contributed by atoms with Gasteiger partial charge in [-0.1, -0.05) is 0 Å². The van der Waals surface area contributed by atoms with Crippen molar-refractivity contribution in [2.75, 3.05) is 33.9 Å². The standard InChI is InChI=1S/C20H27N3O4/c1-6-22-9-10-23(13(2)20(22)24)12-17-14(3)27-19(21-17)16-8-7-15(25-4)11-18(16)26-5/h7-8,11,13H,6,9-10,12H2,1-5H3/t13-/m0/s1. The minimum Gasteiger partial charge on any atom is -0.497 e. The van der Waals surface area contributed by atoms with Gasteiger partial charge in [0.15, 0.2) is 0 Å². The quantitative estimate of drug-likeness (QED) is 0.776. The average Bonchev–Trinajstić information content (AvgIpc) is 3.05. The molecule has 27 heavy (non-hydrogen) atoms. The number of amides is 1. The first-order chi connectivity index (χ1) is 13.0. The lowest BCUT2D eigenvalue weighted by Crippen LogP contribution is -2.55. The Bertz CT molecular complexity index is 818. The Morgan fingerprint density at radius 2 is 2.04 bits per heavy atom. The lowest BCUT2D eigenvalue weighted by Gasteiger charge is -2.38. The molecule has 1 atom stereocenters. The summed E-state index contributed by atoms with van der Waals surface area (Å²) >= 11 is 0. The molecule has 1 amide bonds. The summed E-state index contributed by atoms with van der Waals surface area (Å²) in [6.45, 7) is 8.77. The average molecular weight is 373 g/mol. The van der Waals surface area contributed by atoms with E-state index in [0.717, 1.165) is 36.7 Å². The molecule has 1 fully saturated rings. The second-order valence-corrected chi connectivity index (χ2v) is 6.65. The van der Waals surface area contributed by atoms with Crippen LogP contribution in [0.2, 0.25) is 0 Å². The van der Waals surface area contributed by atoms with Crippen LogP contribution >= 0.6 is 0 Å². The van der Waals surface area contributed by atoms with Gasteiger partial charge >= 0.3 is 0 Å². The summed E-state index contributed by atoms with van der Waals surface area (Å²) in [6.07, 6.45) is 0. The van der Waals surface area contributed by atoms with Crippen molar-refractivity contribution >= 4 is 5.91 Å². The van der Waals surface area contributed by atoms with Crippen LogP contribution in [0.25, 0.3) is 11.5 Å². The number of hydrogen-bond donors (Lipinski definition) is 0. The van der Waals surface area contributed by atoms with Crippen LogP contribution in [0.4, 0.5) is 0 Å². The van der Waals surface area contributed by atoms with Crippen LogP contribution in [0.5, 0.6) is 11.5 Å². The smallest absolute Gasteiger partial charge is 0.239 e. The molecule has 7 nitrogen and oxygen atoms in total. The van der Waals surface area contributed by atoms with Gasteiger partial charge in [0.2, 0.25) is 11.8 Å². The summed E-state index contributed by atoms with van der Waals surface area (Å²) in [5, 5.41) is 0. The third-order valence-corrected chi connectivity index (χ3v) is 5.14. The van der Waals surface area contributed by atoms with E-state index >= 15 is 0 Å². The molecule has 0 unspecified atom stereocenters. The van der Waals surface area contributed by atoms with E-state index < -0.39 is 0 Å². The lowest BCUT2D eigenvalue weighted by atomic mass is 10.1. The number of carbonyl (C=O) groups is 1. The van der Waals surface area contributed by atoms with Crippen molar-refractivity contribution in [2.24, 2.45) is 0 Å². The monoisotopic (exact) mass is 373 g/mol. The largest absolute Gasteiger partial charge is 0.497 e. The summed E-state index contributed by atoms with van der Waals surface area (Å²) in [6, 6.07) is 5.37. The molecular formula is C20H27N3O4. The number of rotatable bonds is 6. The highest BCUT2D eigenvalue weighted by atomic mass is 16.5. The molecule has 2 aromatic rings. The number of oxazole rings is 1. The zero-order valence-corrected chi connectivity index (χ0v) is 16.6. The van der Waals surface area contributed by atoms with Gasteiger partial charge in [-0.3, -0.25) is 9.69 Å². The van der Waals surface area contributed by atoms with Crippen LogP contribution in [0, 0.1) is 6.92 Å². The number of hydrogen-bond acceptors (Lipinski definition) is 6. The summed E-state index contributed by atoms with van der Waals surface area (Å²) in [5.74, 6) is 2.78. The molecule has 7 heteroatoms. The van der Waals surface area contributed by atoms with Gasteiger partial charge in [0.25, 0.3) is 0 Å². The number of piperazine rings is 1. The molecule has 0 aliphatic carbocycles. The highest BCUT2D eigenvalue weighted by Gasteiger charge is 2.31. The van der Waals surface area contributed by atoms with Gasteiger partial charge in [-0.15, -0.1) is 0 Å². The van der Waals surface area contributed by atoms with Gasteiger partial charge in [-0.2, -0.15) is 0 Å². The SMILES string of the molecule is CCN1CCN(Cc2nc(-c3ccc(OC)cc3OC)oc2C)[C@@H](C)C1=O. The first kappa shape index (κ1) is 19.2. The van der Waals surface area contributed by atoms with Gasteiger partial charge < -0.3 is 18.8 Å². The van der Waals surface area contributed by atoms with Crippen molar-refractivity contribution in [3.05, 3.63) is 29.7 Å². The molecule has 0 radical (unpaired) electrons. The second-order valence-electron chi connectivity index (χ2n) is 6.65. The van der Waals surface area contributed by atoms with Crippen molar-refractivity contribution in [3.63, 3.8) is 0 Å². The number of likely N-dealkylation sites (N-methyl/N-ethyl adjacent to an activating group) is 1. The van der Waals surface area contributed by atoms with Gasteiger partial charge in [-0.05, 0) is 32.9 Å². The van der Waals surface area contributed by atoms with Crippen molar-refractivity contribution in [1.82, 2.24) is 14.8 Å². The van der Waals surface area contributed by atoms with Crippen LogP contribution in [0.1, 0.15) is 25.3 Å². The maximum atomic E-state index is 12.4. The Balaban J connectivity index is 1.82. The van der Waals surface area contributed by atoms with Crippen LogP contribution < -0.4 is 9.47 Å². The van der Waals surface area contributed by atoms with Gasteiger partial charge in [-0.25, -0.2) is 4.98 Å². The van der Waals surface area contributed by atoms with Crippen molar-refractivity contribution in [2.45, 2.75) is 33.4 Å². The lowest BCUT2D eigenvalue weighted by molar-refractivity contribution is -0.141. The molecule has 1 aromatic carbocycles. The summed E-state index contributed by atoms with van der Waals surface area (Å²) in [5.41, 5.74) is 1.61. The summed E-state index contributed by atoms with van der Waals surface area (Å²) in [7, 11) is 3.22. The predicted octanol–water partition coefficient (Wildman–Crippen LogP) is 2.72. The molecule has 1 saturated heterocycles. The zero-order chi connectivity index (χ0) is 19.6. The number of methoxy groups -OCH3 is 2. The molecule has 0 spiro atoms. The van der Waals surface area contributed by atoms with E-state index in [2.05, 4.69) is 9.88 Å². The van der Waals surface area contributed by atoms with Crippen LogP contribution in [0.15, 0.2) is 22.6 Å². The van der Waals surface area contributed by atoms with E-state index in [9.17, 15) is 4.79 Å². The van der Waals surface area contributed by atoms with Crippen molar-refractivity contribution < 1.29 is 18.7 Å². The molecule has 146 valence electrons. The Hall–Kier alpha value is -2.54. The molecule has 1 aliphatic rings. The summed E-state index contributed by atoms with van der Waals surface area (Å²) in [4.78, 5) is 21.1. The van der Waals surface area contributed by atoms with Gasteiger partial charge in [0.1, 0.15) is 17.3 Å². The molecular weight excluding hydrogens is 346 g/mol. The Labute approximate surface area is 159 Å². The Morgan fingerprint density at radius 1 is 1.26 bits per heavy atom. The number of ether oxygens (including phenoxy) is 2. The summed E-state index contributed by atoms with van der Waals surface area (Å²) < 4.78 is 16.6. The van der Waals surface area contributed by atoms with Crippen molar-refractivity contribution in [1.29, 1.82) is 0 Å². The van der Waals surface area contributed by atoms with E-state index in [1.807, 2.05) is 37.8 Å². The minimum absolute atomic E-state index is 0.159. The third kappa shape index (κ3) is 3.78. The molecule has 2 heterocycles. The first-order valence-corrected chi connectivity index (χ1v) is 9.20. The Morgan fingerprint density at radius 3 is 2.70 bits per heavy atom. The number of aromatic nitrogens is 1. The van der Waals surface area contributed by atoms with Gasteiger partial charge in [0, 0.05) is 32.2 Å². The maximum Gasteiger partial charge on any atom is 0.239 e. The molecule has 0 bridgehead atoms. The van der Waals surface area contributed by atoms with E-state index in [-0.39, 0.29) is 11.9 Å². The fourth-order valence-corrected chi connectivity index (χ4v) is 3.36. The van der Waals surface area contributed by atoms with E-state index in [4.69, 9.17) is 13.9 Å². The van der Waals surface area contributed by atoms with Crippen LogP contribution in [-0.2, 0) is 11.3 Å². The minimum atomic E-state index is -0.159. The fraction of sp³-hybridized carbons (Fsp3) is 0.500. The third-order valence-electron chi connectivity index (χ3n) is 5.14. The van der Waals surface area contributed by atoms with Crippen LogP contribution in [0.3, 0.4) is 0 Å². The maximum absolute atomic E-state index is 12.4. The molecule has 3 rings (SSSR count). The highest BCUT2D eigenvalue weighted by Crippen LogP contribution is 2.34. The number of carbonyl (C=O) groups excluding carboxylic acids is 1. The second kappa shape index (κ2) is 8.00. The van der Waals surface area contributed by atoms with Crippen molar-refractivity contribution in [3.8, 4) is 23.0 Å². The Kier molecular flexibility index (Phi) is 5.70. The predicted molar refractivity (Wildman–Crippen MR) is 102 cm³/mol. The fourth-order valence-electron chi connectivity index (χ4n) is 3.36. The van der Waals surface area contributed by atoms with E-state index in [1.54, 1.807) is 20.3 Å². The molecule has 1 aliphatic heterocycles. The first-order valence-electron chi connectivity index (χ1n) is 9.20. The zero-order valence-electron chi connectivity index (χ0n) is 16.6.